The molecule has 2 N–H and O–H groups in total. The molecule has 2 rings (SSSR count). The van der Waals surface area contributed by atoms with Gasteiger partial charge in [0.05, 0.1) is 11.8 Å². The molecule has 1 aliphatic rings. The second-order valence-electron chi connectivity index (χ2n) is 5.88. The average Bonchev–Trinajstić information content (AvgIpc) is 2.54. The van der Waals surface area contributed by atoms with Gasteiger partial charge in [-0.25, -0.2) is 4.98 Å². The standard InChI is InChI=1S/C16H22N4O2S/c1-2-6-12-9-13(21)19-15(18-12)23-10-14(22)20-16(11-17)7-4-3-5-8-16/h9H,2-8,10H2,1H3,(H,20,22)(H,18,19,21). The van der Waals surface area contributed by atoms with Crippen molar-refractivity contribution < 1.29 is 4.79 Å². The predicted molar refractivity (Wildman–Crippen MR) is 89.1 cm³/mol. The molecule has 1 heterocycles. The van der Waals surface area contributed by atoms with E-state index in [2.05, 4.69) is 21.4 Å². The van der Waals surface area contributed by atoms with E-state index in [0.717, 1.165) is 37.8 Å². The molecule has 0 aliphatic heterocycles. The Labute approximate surface area is 140 Å². The van der Waals surface area contributed by atoms with Crippen LogP contribution >= 0.6 is 11.8 Å². The van der Waals surface area contributed by atoms with E-state index in [0.29, 0.717) is 18.0 Å². The Morgan fingerprint density at radius 1 is 1.48 bits per heavy atom. The van der Waals surface area contributed by atoms with Gasteiger partial charge in [0.1, 0.15) is 5.54 Å². The van der Waals surface area contributed by atoms with Crippen LogP contribution in [0.25, 0.3) is 0 Å². The summed E-state index contributed by atoms with van der Waals surface area (Å²) in [5.41, 5.74) is -0.187. The van der Waals surface area contributed by atoms with Gasteiger partial charge in [0.25, 0.3) is 5.56 Å². The summed E-state index contributed by atoms with van der Waals surface area (Å²) >= 11 is 1.19. The van der Waals surface area contributed by atoms with Crippen LogP contribution in [0.1, 0.15) is 51.1 Å². The summed E-state index contributed by atoms with van der Waals surface area (Å²) in [5.74, 6) is -0.0518. The minimum absolute atomic E-state index is 0.141. The van der Waals surface area contributed by atoms with Crippen molar-refractivity contribution in [3.05, 3.63) is 22.1 Å². The largest absolute Gasteiger partial charge is 0.337 e. The number of nitrogens with one attached hydrogen (secondary N) is 2. The van der Waals surface area contributed by atoms with Crippen molar-refractivity contribution in [1.82, 2.24) is 15.3 Å². The lowest BCUT2D eigenvalue weighted by Crippen LogP contribution is -2.49. The number of amides is 1. The first kappa shape index (κ1) is 17.5. The first-order valence-corrected chi connectivity index (χ1v) is 9.01. The first-order chi connectivity index (χ1) is 11.1. The topological polar surface area (TPSA) is 98.6 Å². The Morgan fingerprint density at radius 2 is 2.22 bits per heavy atom. The number of thioether (sulfide) groups is 1. The van der Waals surface area contributed by atoms with Gasteiger partial charge in [0.2, 0.25) is 5.91 Å². The van der Waals surface area contributed by atoms with Crippen molar-refractivity contribution in [1.29, 1.82) is 5.26 Å². The molecule has 1 amide bonds. The lowest BCUT2D eigenvalue weighted by molar-refractivity contribution is -0.120. The Bertz CT molecular complexity index is 644. The molecule has 1 saturated carbocycles. The highest BCUT2D eigenvalue weighted by Crippen LogP contribution is 2.27. The summed E-state index contributed by atoms with van der Waals surface area (Å²) in [6.45, 7) is 2.02. The van der Waals surface area contributed by atoms with Crippen LogP contribution in [0.4, 0.5) is 0 Å². The number of carbonyl (C=O) groups excluding carboxylic acids is 1. The van der Waals surface area contributed by atoms with E-state index in [1.807, 2.05) is 6.92 Å². The molecule has 124 valence electrons. The van der Waals surface area contributed by atoms with Crippen molar-refractivity contribution in [2.75, 3.05) is 5.75 Å². The van der Waals surface area contributed by atoms with Crippen molar-refractivity contribution in [2.24, 2.45) is 0 Å². The van der Waals surface area contributed by atoms with Gasteiger partial charge in [-0.05, 0) is 19.3 Å². The maximum atomic E-state index is 12.1. The smallest absolute Gasteiger partial charge is 0.251 e. The van der Waals surface area contributed by atoms with Crippen molar-refractivity contribution in [2.45, 2.75) is 62.6 Å². The summed E-state index contributed by atoms with van der Waals surface area (Å²) in [5, 5.41) is 12.7. The zero-order valence-corrected chi connectivity index (χ0v) is 14.2. The second kappa shape index (κ2) is 8.16. The molecular formula is C16H22N4O2S. The van der Waals surface area contributed by atoms with Crippen LogP contribution in [0.3, 0.4) is 0 Å². The molecule has 6 nitrogen and oxygen atoms in total. The number of hydrogen-bond acceptors (Lipinski definition) is 5. The zero-order valence-electron chi connectivity index (χ0n) is 13.4. The second-order valence-corrected chi connectivity index (χ2v) is 6.85. The van der Waals surface area contributed by atoms with Gasteiger partial charge in [0, 0.05) is 11.8 Å². The summed E-state index contributed by atoms with van der Waals surface area (Å²) in [4.78, 5) is 30.7. The Hall–Kier alpha value is -1.81. The molecule has 0 unspecified atom stereocenters. The minimum Gasteiger partial charge on any atom is -0.337 e. The van der Waals surface area contributed by atoms with Crippen molar-refractivity contribution >= 4 is 17.7 Å². The van der Waals surface area contributed by atoms with Crippen molar-refractivity contribution in [3.8, 4) is 6.07 Å². The van der Waals surface area contributed by atoms with Gasteiger partial charge in [-0.15, -0.1) is 0 Å². The molecule has 0 spiro atoms. The molecule has 7 heteroatoms. The number of aromatic amines is 1. The quantitative estimate of drug-likeness (QED) is 0.613. The minimum atomic E-state index is -0.721. The molecule has 0 atom stereocenters. The fourth-order valence-corrected chi connectivity index (χ4v) is 3.49. The third kappa shape index (κ3) is 5.10. The number of H-pyrrole nitrogens is 1. The lowest BCUT2D eigenvalue weighted by Gasteiger charge is -2.31. The van der Waals surface area contributed by atoms with Crippen LogP contribution in [0.2, 0.25) is 0 Å². The average molecular weight is 334 g/mol. The fraction of sp³-hybridized carbons (Fsp3) is 0.625. The normalized spacial score (nSPS) is 16.5. The molecule has 1 fully saturated rings. The molecule has 1 aromatic heterocycles. The van der Waals surface area contributed by atoms with Gasteiger partial charge >= 0.3 is 0 Å². The molecule has 0 bridgehead atoms. The van der Waals surface area contributed by atoms with E-state index < -0.39 is 5.54 Å². The number of hydrogen-bond donors (Lipinski definition) is 2. The number of nitriles is 1. The molecule has 0 aromatic carbocycles. The summed E-state index contributed by atoms with van der Waals surface area (Å²) in [6, 6.07) is 3.75. The molecule has 1 aromatic rings. The molecule has 0 radical (unpaired) electrons. The van der Waals surface area contributed by atoms with Crippen LogP contribution in [0, 0.1) is 11.3 Å². The number of aryl methyl sites for hydroxylation is 1. The maximum Gasteiger partial charge on any atom is 0.251 e. The SMILES string of the molecule is CCCc1cc(=O)[nH]c(SCC(=O)NC2(C#N)CCCCC2)n1. The highest BCUT2D eigenvalue weighted by atomic mass is 32.2. The third-order valence-electron chi connectivity index (χ3n) is 3.92. The summed E-state index contributed by atoms with van der Waals surface area (Å²) in [7, 11) is 0. The number of rotatable bonds is 6. The zero-order chi connectivity index (χ0) is 16.7. The van der Waals surface area contributed by atoms with Gasteiger partial charge in [0.15, 0.2) is 5.16 Å². The fourth-order valence-electron chi connectivity index (χ4n) is 2.79. The lowest BCUT2D eigenvalue weighted by atomic mass is 9.83. The van der Waals surface area contributed by atoms with E-state index in [-0.39, 0.29) is 17.2 Å². The van der Waals surface area contributed by atoms with Gasteiger partial charge < -0.3 is 10.3 Å². The van der Waals surface area contributed by atoms with Crippen LogP contribution in [0.15, 0.2) is 16.0 Å². The number of carbonyl (C=O) groups is 1. The number of aromatic nitrogens is 2. The molecular weight excluding hydrogens is 312 g/mol. The predicted octanol–water partition coefficient (Wildman–Crippen LogP) is 2.16. The number of nitrogens with zero attached hydrogens (tertiary/aromatic N) is 2. The first-order valence-electron chi connectivity index (χ1n) is 8.02. The molecule has 1 aliphatic carbocycles. The highest BCUT2D eigenvalue weighted by Gasteiger charge is 2.33. The van der Waals surface area contributed by atoms with Crippen molar-refractivity contribution in [3.63, 3.8) is 0 Å². The van der Waals surface area contributed by atoms with Gasteiger partial charge in [-0.3, -0.25) is 9.59 Å². The van der Waals surface area contributed by atoms with E-state index in [9.17, 15) is 14.9 Å². The van der Waals surface area contributed by atoms with E-state index >= 15 is 0 Å². The summed E-state index contributed by atoms with van der Waals surface area (Å²) in [6.07, 6.45) is 6.11. The van der Waals surface area contributed by atoms with Gasteiger partial charge in [-0.2, -0.15) is 5.26 Å². The Kier molecular flexibility index (Phi) is 6.22. The summed E-state index contributed by atoms with van der Waals surface area (Å²) < 4.78 is 0. The Balaban J connectivity index is 1.94. The van der Waals surface area contributed by atoms with E-state index in [4.69, 9.17) is 0 Å². The Morgan fingerprint density at radius 3 is 2.87 bits per heavy atom. The maximum absolute atomic E-state index is 12.1. The van der Waals surface area contributed by atoms with Crippen LogP contribution in [-0.4, -0.2) is 27.2 Å². The monoisotopic (exact) mass is 334 g/mol. The third-order valence-corrected chi connectivity index (χ3v) is 4.79. The van der Waals surface area contributed by atoms with E-state index in [1.54, 1.807) is 0 Å². The van der Waals surface area contributed by atoms with Crippen LogP contribution < -0.4 is 10.9 Å². The van der Waals surface area contributed by atoms with Crippen LogP contribution in [0.5, 0.6) is 0 Å². The molecule has 0 saturated heterocycles. The molecule has 23 heavy (non-hydrogen) atoms. The van der Waals surface area contributed by atoms with E-state index in [1.165, 1.54) is 17.8 Å². The highest BCUT2D eigenvalue weighted by molar-refractivity contribution is 7.99. The van der Waals surface area contributed by atoms with Gasteiger partial charge in [-0.1, -0.05) is 44.4 Å². The van der Waals surface area contributed by atoms with Crippen LogP contribution in [-0.2, 0) is 11.2 Å².